The average molecular weight is 237 g/mol. The first kappa shape index (κ1) is 12.2. The van der Waals surface area contributed by atoms with Crippen molar-refractivity contribution in [3.05, 3.63) is 23.8 Å². The van der Waals surface area contributed by atoms with Crippen LogP contribution in [0.2, 0.25) is 0 Å². The van der Waals surface area contributed by atoms with Gasteiger partial charge in [-0.2, -0.15) is 0 Å². The quantitative estimate of drug-likeness (QED) is 0.818. The lowest BCUT2D eigenvalue weighted by molar-refractivity contribution is 0.0169. The van der Waals surface area contributed by atoms with Gasteiger partial charge in [-0.05, 0) is 18.9 Å². The maximum atomic E-state index is 9.78. The van der Waals surface area contributed by atoms with Crippen molar-refractivity contribution in [2.75, 3.05) is 14.2 Å². The molecule has 1 aliphatic rings. The van der Waals surface area contributed by atoms with E-state index in [1.807, 2.05) is 12.1 Å². The van der Waals surface area contributed by atoms with Gasteiger partial charge in [0.05, 0.1) is 13.2 Å². The van der Waals surface area contributed by atoms with Gasteiger partial charge in [0, 0.05) is 31.3 Å². The summed E-state index contributed by atoms with van der Waals surface area (Å²) in [6.07, 6.45) is 2.50. The second-order valence-electron chi connectivity index (χ2n) is 4.40. The molecule has 1 aromatic rings. The molecule has 0 aromatic heterocycles. The molecule has 0 spiro atoms. The van der Waals surface area contributed by atoms with Crippen LogP contribution in [0.4, 0.5) is 0 Å². The highest BCUT2D eigenvalue weighted by Gasteiger charge is 2.28. The lowest BCUT2D eigenvalue weighted by atomic mass is 9.89. The number of aromatic hydroxyl groups is 1. The Balaban J connectivity index is 1.83. The molecular formula is C13H19NO3. The molecule has 0 amide bonds. The topological polar surface area (TPSA) is 50.7 Å². The zero-order valence-corrected chi connectivity index (χ0v) is 10.3. The van der Waals surface area contributed by atoms with Crippen molar-refractivity contribution in [2.24, 2.45) is 0 Å². The fourth-order valence-corrected chi connectivity index (χ4v) is 2.00. The lowest BCUT2D eigenvalue weighted by Gasteiger charge is -2.34. The van der Waals surface area contributed by atoms with E-state index in [1.54, 1.807) is 20.3 Å². The van der Waals surface area contributed by atoms with Crippen molar-refractivity contribution in [1.29, 1.82) is 0 Å². The van der Waals surface area contributed by atoms with Gasteiger partial charge in [-0.15, -0.1) is 0 Å². The summed E-state index contributed by atoms with van der Waals surface area (Å²) in [4.78, 5) is 0. The molecule has 0 bridgehead atoms. The number of hydrogen-bond donors (Lipinski definition) is 2. The van der Waals surface area contributed by atoms with Gasteiger partial charge in [-0.1, -0.05) is 6.07 Å². The summed E-state index contributed by atoms with van der Waals surface area (Å²) in [6, 6.07) is 5.88. The number of phenolic OH excluding ortho intramolecular Hbond substituents is 1. The van der Waals surface area contributed by atoms with Crippen LogP contribution in [0.15, 0.2) is 18.2 Å². The number of benzene rings is 1. The van der Waals surface area contributed by atoms with E-state index in [-0.39, 0.29) is 5.75 Å². The van der Waals surface area contributed by atoms with Gasteiger partial charge in [0.15, 0.2) is 0 Å². The van der Waals surface area contributed by atoms with E-state index in [4.69, 9.17) is 9.47 Å². The summed E-state index contributed by atoms with van der Waals surface area (Å²) in [5.74, 6) is 0.953. The predicted octanol–water partition coefficient (Wildman–Crippen LogP) is 1.67. The van der Waals surface area contributed by atoms with Crippen molar-refractivity contribution in [3.8, 4) is 11.5 Å². The minimum Gasteiger partial charge on any atom is -0.507 e. The fourth-order valence-electron chi connectivity index (χ4n) is 2.00. The third-order valence-corrected chi connectivity index (χ3v) is 3.30. The number of rotatable bonds is 5. The van der Waals surface area contributed by atoms with E-state index in [9.17, 15) is 5.11 Å². The van der Waals surface area contributed by atoms with Crippen LogP contribution in [0.3, 0.4) is 0 Å². The van der Waals surface area contributed by atoms with Crippen LogP contribution in [-0.2, 0) is 11.3 Å². The number of nitrogens with one attached hydrogen (secondary N) is 1. The molecule has 17 heavy (non-hydrogen) atoms. The van der Waals surface area contributed by atoms with Gasteiger partial charge in [-0.3, -0.25) is 0 Å². The third-order valence-electron chi connectivity index (χ3n) is 3.30. The second kappa shape index (κ2) is 5.38. The average Bonchev–Trinajstić information content (AvgIpc) is 2.29. The summed E-state index contributed by atoms with van der Waals surface area (Å²) in [7, 11) is 3.34. The van der Waals surface area contributed by atoms with Gasteiger partial charge < -0.3 is 19.9 Å². The van der Waals surface area contributed by atoms with Crippen LogP contribution in [0.25, 0.3) is 0 Å². The van der Waals surface area contributed by atoms with Gasteiger partial charge >= 0.3 is 0 Å². The maximum absolute atomic E-state index is 9.78. The van der Waals surface area contributed by atoms with Crippen LogP contribution < -0.4 is 10.1 Å². The highest BCUT2D eigenvalue weighted by atomic mass is 16.5. The Morgan fingerprint density at radius 3 is 2.71 bits per heavy atom. The molecule has 4 nitrogen and oxygen atoms in total. The molecule has 0 unspecified atom stereocenters. The Morgan fingerprint density at radius 2 is 2.12 bits per heavy atom. The Hall–Kier alpha value is -1.26. The first-order valence-electron chi connectivity index (χ1n) is 5.85. The van der Waals surface area contributed by atoms with E-state index in [0.29, 0.717) is 24.4 Å². The molecule has 0 heterocycles. The van der Waals surface area contributed by atoms with Crippen molar-refractivity contribution in [1.82, 2.24) is 5.32 Å². The van der Waals surface area contributed by atoms with E-state index in [2.05, 4.69) is 5.32 Å². The van der Waals surface area contributed by atoms with Crippen molar-refractivity contribution in [2.45, 2.75) is 31.5 Å². The summed E-state index contributed by atoms with van der Waals surface area (Å²) < 4.78 is 10.3. The lowest BCUT2D eigenvalue weighted by Crippen LogP contribution is -2.44. The maximum Gasteiger partial charge on any atom is 0.123 e. The van der Waals surface area contributed by atoms with E-state index >= 15 is 0 Å². The van der Waals surface area contributed by atoms with Crippen LogP contribution in [0.5, 0.6) is 11.5 Å². The molecule has 0 saturated heterocycles. The first-order valence-corrected chi connectivity index (χ1v) is 5.85. The molecule has 2 rings (SSSR count). The van der Waals surface area contributed by atoms with Crippen molar-refractivity contribution >= 4 is 0 Å². The molecular weight excluding hydrogens is 218 g/mol. The van der Waals surface area contributed by atoms with Crippen LogP contribution in [0.1, 0.15) is 18.4 Å². The van der Waals surface area contributed by atoms with Crippen molar-refractivity contribution in [3.63, 3.8) is 0 Å². The van der Waals surface area contributed by atoms with E-state index in [1.165, 1.54) is 0 Å². The molecule has 0 radical (unpaired) electrons. The molecule has 1 saturated carbocycles. The van der Waals surface area contributed by atoms with Crippen molar-refractivity contribution < 1.29 is 14.6 Å². The zero-order valence-electron chi connectivity index (χ0n) is 10.3. The minimum absolute atomic E-state index is 0.277. The summed E-state index contributed by atoms with van der Waals surface area (Å²) in [5, 5.41) is 13.2. The molecule has 2 N–H and O–H groups in total. The molecule has 1 fully saturated rings. The summed E-state index contributed by atoms with van der Waals surface area (Å²) in [6.45, 7) is 0.678. The predicted molar refractivity (Wildman–Crippen MR) is 65.3 cm³/mol. The molecule has 94 valence electrons. The van der Waals surface area contributed by atoms with E-state index < -0.39 is 0 Å². The Bertz CT molecular complexity index is 375. The highest BCUT2D eigenvalue weighted by Crippen LogP contribution is 2.26. The SMILES string of the molecule is COc1ccc(CNC2CC(OC)C2)c(O)c1. The molecule has 0 aliphatic heterocycles. The number of hydrogen-bond acceptors (Lipinski definition) is 4. The Labute approximate surface area is 102 Å². The fraction of sp³-hybridized carbons (Fsp3) is 0.538. The second-order valence-corrected chi connectivity index (χ2v) is 4.40. The number of ether oxygens (including phenoxy) is 2. The minimum atomic E-state index is 0.277. The standard InChI is InChI=1S/C13H19NO3/c1-16-11-4-3-9(13(15)7-11)8-14-10-5-12(6-10)17-2/h3-4,7,10,12,14-15H,5-6,8H2,1-2H3. The van der Waals surface area contributed by atoms with Crippen LogP contribution in [-0.4, -0.2) is 31.5 Å². The summed E-state index contributed by atoms with van der Waals surface area (Å²) in [5.41, 5.74) is 0.895. The third kappa shape index (κ3) is 2.90. The van der Waals surface area contributed by atoms with Gasteiger partial charge in [0.1, 0.15) is 11.5 Å². The number of methoxy groups -OCH3 is 2. The van der Waals surface area contributed by atoms with Crippen LogP contribution >= 0.6 is 0 Å². The molecule has 0 atom stereocenters. The van der Waals surface area contributed by atoms with Crippen LogP contribution in [0, 0.1) is 0 Å². The van der Waals surface area contributed by atoms with Gasteiger partial charge in [-0.25, -0.2) is 0 Å². The first-order chi connectivity index (χ1) is 8.22. The zero-order chi connectivity index (χ0) is 12.3. The Kier molecular flexibility index (Phi) is 3.86. The molecule has 1 aromatic carbocycles. The summed E-state index contributed by atoms with van der Waals surface area (Å²) >= 11 is 0. The molecule has 4 heteroatoms. The number of phenols is 1. The normalized spacial score (nSPS) is 23.2. The Morgan fingerprint density at radius 1 is 1.35 bits per heavy atom. The smallest absolute Gasteiger partial charge is 0.123 e. The highest BCUT2D eigenvalue weighted by molar-refractivity contribution is 5.39. The van der Waals surface area contributed by atoms with E-state index in [0.717, 1.165) is 18.4 Å². The monoisotopic (exact) mass is 237 g/mol. The molecule has 1 aliphatic carbocycles. The van der Waals surface area contributed by atoms with Gasteiger partial charge in [0.2, 0.25) is 0 Å². The largest absolute Gasteiger partial charge is 0.507 e. The van der Waals surface area contributed by atoms with Gasteiger partial charge in [0.25, 0.3) is 0 Å².